The molecular weight excluding hydrogens is 252 g/mol. The second-order valence-corrected chi connectivity index (χ2v) is 6.28. The number of rotatable bonds is 5. The first-order valence-corrected chi connectivity index (χ1v) is 7.96. The van der Waals surface area contributed by atoms with E-state index in [1.165, 1.54) is 19.4 Å². The third-order valence-electron chi connectivity index (χ3n) is 4.82. The minimum Gasteiger partial charge on any atom is -0.388 e. The molecule has 2 rings (SSSR count). The summed E-state index contributed by atoms with van der Waals surface area (Å²) < 4.78 is 0. The summed E-state index contributed by atoms with van der Waals surface area (Å²) in [5.41, 5.74) is -0.500. The summed E-state index contributed by atoms with van der Waals surface area (Å²) in [6.07, 6.45) is 5.54. The Morgan fingerprint density at radius 3 is 2.75 bits per heavy atom. The molecule has 1 saturated heterocycles. The Labute approximate surface area is 123 Å². The van der Waals surface area contributed by atoms with Crippen molar-refractivity contribution in [2.75, 3.05) is 40.3 Å². The predicted octanol–water partition coefficient (Wildman–Crippen LogP) is 0.893. The lowest BCUT2D eigenvalue weighted by atomic mass is 9.80. The fraction of sp³-hybridized carbons (Fsp3) is 0.933. The van der Waals surface area contributed by atoms with E-state index in [4.69, 9.17) is 0 Å². The topological polar surface area (TPSA) is 51.1 Å². The molecule has 0 amide bonds. The molecule has 2 N–H and O–H groups in total. The first kappa shape index (κ1) is 15.6. The minimum atomic E-state index is -0.500. The van der Waals surface area contributed by atoms with Gasteiger partial charge in [0.05, 0.1) is 5.60 Å². The van der Waals surface area contributed by atoms with Crippen LogP contribution in [0.25, 0.3) is 0 Å². The average Bonchev–Trinajstić information content (AvgIpc) is 2.84. The Kier molecular flexibility index (Phi) is 5.27. The summed E-state index contributed by atoms with van der Waals surface area (Å²) in [5, 5.41) is 13.5. The first-order valence-electron chi connectivity index (χ1n) is 7.96. The second kappa shape index (κ2) is 6.76. The number of hydrogen-bond donors (Lipinski definition) is 2. The van der Waals surface area contributed by atoms with Crippen molar-refractivity contribution in [1.29, 1.82) is 0 Å². The molecule has 0 aromatic heterocycles. The number of guanidine groups is 1. The Morgan fingerprint density at radius 2 is 2.20 bits per heavy atom. The van der Waals surface area contributed by atoms with E-state index in [1.54, 1.807) is 0 Å². The summed E-state index contributed by atoms with van der Waals surface area (Å²) in [7, 11) is 3.90. The van der Waals surface area contributed by atoms with Crippen molar-refractivity contribution < 1.29 is 5.11 Å². The molecule has 2 fully saturated rings. The van der Waals surface area contributed by atoms with Gasteiger partial charge in [0.2, 0.25) is 0 Å². The van der Waals surface area contributed by atoms with E-state index < -0.39 is 5.60 Å². The van der Waals surface area contributed by atoms with Gasteiger partial charge < -0.3 is 15.3 Å². The van der Waals surface area contributed by atoms with Gasteiger partial charge in [-0.05, 0) is 45.2 Å². The lowest BCUT2D eigenvalue weighted by Crippen LogP contribution is -2.52. The molecule has 0 spiro atoms. The molecule has 1 atom stereocenters. The lowest BCUT2D eigenvalue weighted by molar-refractivity contribution is -0.0282. The van der Waals surface area contributed by atoms with Crippen molar-refractivity contribution in [2.24, 2.45) is 4.99 Å². The van der Waals surface area contributed by atoms with Gasteiger partial charge in [0.1, 0.15) is 0 Å². The number of aliphatic hydroxyl groups is 1. The Hall–Kier alpha value is -0.810. The van der Waals surface area contributed by atoms with Crippen LogP contribution in [0.2, 0.25) is 0 Å². The minimum absolute atomic E-state index is 0.500. The summed E-state index contributed by atoms with van der Waals surface area (Å²) in [6.45, 7) is 6.21. The van der Waals surface area contributed by atoms with Crippen LogP contribution in [-0.4, -0.2) is 72.8 Å². The van der Waals surface area contributed by atoms with E-state index in [2.05, 4.69) is 34.1 Å². The Morgan fingerprint density at radius 1 is 1.45 bits per heavy atom. The monoisotopic (exact) mass is 282 g/mol. The molecule has 1 aliphatic carbocycles. The van der Waals surface area contributed by atoms with Gasteiger partial charge in [0.25, 0.3) is 0 Å². The molecule has 1 heterocycles. The van der Waals surface area contributed by atoms with Crippen molar-refractivity contribution in [2.45, 2.75) is 50.7 Å². The van der Waals surface area contributed by atoms with Crippen molar-refractivity contribution in [3.05, 3.63) is 0 Å². The molecule has 2 aliphatic rings. The summed E-state index contributed by atoms with van der Waals surface area (Å²) in [5.74, 6) is 0.897. The zero-order chi connectivity index (χ0) is 14.6. The quantitative estimate of drug-likeness (QED) is 0.581. The number of likely N-dealkylation sites (tertiary alicyclic amines) is 1. The van der Waals surface area contributed by atoms with Gasteiger partial charge in [-0.25, -0.2) is 0 Å². The van der Waals surface area contributed by atoms with Crippen LogP contribution in [0.5, 0.6) is 0 Å². The predicted molar refractivity (Wildman–Crippen MR) is 83.1 cm³/mol. The maximum atomic E-state index is 10.2. The van der Waals surface area contributed by atoms with Gasteiger partial charge >= 0.3 is 0 Å². The standard InChI is InChI=1S/C15H30N4O/c1-4-19-10-5-7-13(19)11-18(3)14(16-2)17-12-15(20)8-6-9-15/h13,20H,4-12H2,1-3H3,(H,16,17). The Bertz CT molecular complexity index is 341. The van der Waals surface area contributed by atoms with E-state index in [0.717, 1.165) is 38.3 Å². The molecule has 0 aromatic rings. The maximum Gasteiger partial charge on any atom is 0.193 e. The van der Waals surface area contributed by atoms with Crippen molar-refractivity contribution in [1.82, 2.24) is 15.1 Å². The molecule has 0 aromatic carbocycles. The third-order valence-corrected chi connectivity index (χ3v) is 4.82. The highest BCUT2D eigenvalue weighted by molar-refractivity contribution is 5.79. The second-order valence-electron chi connectivity index (χ2n) is 6.28. The lowest BCUT2D eigenvalue weighted by Gasteiger charge is -2.38. The van der Waals surface area contributed by atoms with Crippen LogP contribution >= 0.6 is 0 Å². The molecular formula is C15H30N4O. The molecule has 5 nitrogen and oxygen atoms in total. The molecule has 116 valence electrons. The van der Waals surface area contributed by atoms with Crippen LogP contribution in [0.3, 0.4) is 0 Å². The fourth-order valence-corrected chi connectivity index (χ4v) is 3.31. The van der Waals surface area contributed by atoms with Crippen molar-refractivity contribution in [3.63, 3.8) is 0 Å². The van der Waals surface area contributed by atoms with Gasteiger partial charge in [0.15, 0.2) is 5.96 Å². The largest absolute Gasteiger partial charge is 0.388 e. The van der Waals surface area contributed by atoms with E-state index >= 15 is 0 Å². The van der Waals surface area contributed by atoms with Crippen LogP contribution in [0, 0.1) is 0 Å². The SMILES string of the molecule is CCN1CCCC1CN(C)C(=NC)NCC1(O)CCC1. The van der Waals surface area contributed by atoms with Crippen LogP contribution in [0.1, 0.15) is 39.0 Å². The van der Waals surface area contributed by atoms with Gasteiger partial charge in [-0.15, -0.1) is 0 Å². The Balaban J connectivity index is 1.81. The molecule has 20 heavy (non-hydrogen) atoms. The smallest absolute Gasteiger partial charge is 0.193 e. The maximum absolute atomic E-state index is 10.2. The van der Waals surface area contributed by atoms with Gasteiger partial charge in [-0.3, -0.25) is 9.89 Å². The summed E-state index contributed by atoms with van der Waals surface area (Å²) in [6, 6.07) is 0.635. The molecule has 1 aliphatic heterocycles. The zero-order valence-electron chi connectivity index (χ0n) is 13.2. The fourth-order valence-electron chi connectivity index (χ4n) is 3.31. The van der Waals surface area contributed by atoms with Gasteiger partial charge in [-0.1, -0.05) is 6.92 Å². The van der Waals surface area contributed by atoms with Crippen LogP contribution in [-0.2, 0) is 0 Å². The van der Waals surface area contributed by atoms with Crippen LogP contribution in [0.4, 0.5) is 0 Å². The van der Waals surface area contributed by atoms with E-state index in [-0.39, 0.29) is 0 Å². The van der Waals surface area contributed by atoms with Crippen molar-refractivity contribution >= 4 is 5.96 Å². The molecule has 1 saturated carbocycles. The van der Waals surface area contributed by atoms with Crippen LogP contribution < -0.4 is 5.32 Å². The number of nitrogens with zero attached hydrogens (tertiary/aromatic N) is 3. The average molecular weight is 282 g/mol. The number of hydrogen-bond acceptors (Lipinski definition) is 3. The molecule has 0 radical (unpaired) electrons. The van der Waals surface area contributed by atoms with Crippen molar-refractivity contribution in [3.8, 4) is 0 Å². The highest BCUT2D eigenvalue weighted by Crippen LogP contribution is 2.30. The van der Waals surface area contributed by atoms with Crippen LogP contribution in [0.15, 0.2) is 4.99 Å². The van der Waals surface area contributed by atoms with E-state index in [0.29, 0.717) is 12.6 Å². The third kappa shape index (κ3) is 3.64. The summed E-state index contributed by atoms with van der Waals surface area (Å²) in [4.78, 5) is 9.08. The number of aliphatic imine (C=N–C) groups is 1. The highest BCUT2D eigenvalue weighted by Gasteiger charge is 2.34. The number of nitrogens with one attached hydrogen (secondary N) is 1. The van der Waals surface area contributed by atoms with E-state index in [9.17, 15) is 5.11 Å². The molecule has 1 unspecified atom stereocenters. The molecule has 5 heteroatoms. The highest BCUT2D eigenvalue weighted by atomic mass is 16.3. The number of likely N-dealkylation sites (N-methyl/N-ethyl adjacent to an activating group) is 2. The normalized spacial score (nSPS) is 26.4. The van der Waals surface area contributed by atoms with Gasteiger partial charge in [-0.2, -0.15) is 0 Å². The molecule has 0 bridgehead atoms. The van der Waals surface area contributed by atoms with E-state index in [1.807, 2.05) is 7.05 Å². The van der Waals surface area contributed by atoms with Gasteiger partial charge in [0, 0.05) is 33.2 Å². The zero-order valence-corrected chi connectivity index (χ0v) is 13.2. The summed E-state index contributed by atoms with van der Waals surface area (Å²) >= 11 is 0. The first-order chi connectivity index (χ1) is 9.58.